The number of nitrogens with two attached hydrogens (primary N) is 1. The van der Waals surface area contributed by atoms with Crippen molar-refractivity contribution in [3.63, 3.8) is 0 Å². The number of rotatable bonds is 7. The molecule has 4 aromatic rings. The molecule has 2 fully saturated rings. The number of amides is 1. The maximum absolute atomic E-state index is 13.2. The molecule has 0 bridgehead atoms. The van der Waals surface area contributed by atoms with E-state index in [1.54, 1.807) is 12.1 Å². The number of carbonyl (C=O) groups excluding carboxylic acids is 1. The Morgan fingerprint density at radius 3 is 2.02 bits per heavy atom. The van der Waals surface area contributed by atoms with Gasteiger partial charge in [-0.05, 0) is 78.8 Å². The fraction of sp³-hybridized carbons (Fsp3) is 0.333. The summed E-state index contributed by atoms with van der Waals surface area (Å²) in [7, 11) is -5.37. The van der Waals surface area contributed by atoms with Crippen LogP contribution in [0.15, 0.2) is 66.7 Å². The third-order valence-corrected chi connectivity index (χ3v) is 10.1. The smallest absolute Gasteiger partial charge is 0.366 e. The molecule has 6 rings (SSSR count). The fourth-order valence-electron chi connectivity index (χ4n) is 5.91. The number of aromatic nitrogens is 2. The number of piperidine rings is 1. The first-order chi connectivity index (χ1) is 19.9. The lowest BCUT2D eigenvalue weighted by molar-refractivity contribution is -0.0494. The lowest BCUT2D eigenvalue weighted by atomic mass is 9.83. The quantitative estimate of drug-likeness (QED) is 0.245. The highest BCUT2D eigenvalue weighted by atomic mass is 35.5. The maximum atomic E-state index is 13.2. The zero-order chi connectivity index (χ0) is 29.8. The fourth-order valence-corrected chi connectivity index (χ4v) is 7.02. The summed E-state index contributed by atoms with van der Waals surface area (Å²) in [6.45, 7) is -0.410. The zero-order valence-electron chi connectivity index (χ0n) is 22.4. The first kappa shape index (κ1) is 28.7. The highest BCUT2D eigenvalue weighted by molar-refractivity contribution is 7.90. The zero-order valence-corrected chi connectivity index (χ0v) is 24.0. The molecule has 3 aromatic carbocycles. The van der Waals surface area contributed by atoms with Crippen molar-refractivity contribution in [3.8, 4) is 0 Å². The highest BCUT2D eigenvalue weighted by Crippen LogP contribution is 2.44. The monoisotopic (exact) mass is 616 g/mol. The van der Waals surface area contributed by atoms with Crippen LogP contribution in [0.5, 0.6) is 0 Å². The van der Waals surface area contributed by atoms with Crippen LogP contribution in [0.25, 0.3) is 10.9 Å². The van der Waals surface area contributed by atoms with E-state index in [0.29, 0.717) is 14.9 Å². The lowest BCUT2D eigenvalue weighted by Gasteiger charge is -2.32. The number of fused-ring (bicyclic) bond motifs is 1. The number of hydrogen-bond acceptors (Lipinski definition) is 4. The molecule has 0 radical (unpaired) electrons. The van der Waals surface area contributed by atoms with Gasteiger partial charge >= 0.3 is 15.5 Å². The lowest BCUT2D eigenvalue weighted by Crippen LogP contribution is -2.44. The Hall–Kier alpha value is -3.41. The molecule has 1 amide bonds. The number of carbonyl (C=O) groups is 1. The minimum Gasteiger partial charge on any atom is -0.366 e. The van der Waals surface area contributed by atoms with Crippen molar-refractivity contribution in [1.82, 2.24) is 14.1 Å². The minimum atomic E-state index is -5.37. The Balaban J connectivity index is 1.41. The Labute approximate surface area is 246 Å². The van der Waals surface area contributed by atoms with Crippen LogP contribution in [-0.2, 0) is 10.0 Å². The summed E-state index contributed by atoms with van der Waals surface area (Å²) in [4.78, 5) is 11.7. The van der Waals surface area contributed by atoms with Crippen LogP contribution in [0.3, 0.4) is 0 Å². The van der Waals surface area contributed by atoms with E-state index in [4.69, 9.17) is 22.4 Å². The molecule has 1 unspecified atom stereocenters. The van der Waals surface area contributed by atoms with Crippen molar-refractivity contribution >= 4 is 38.4 Å². The summed E-state index contributed by atoms with van der Waals surface area (Å²) in [5.41, 5.74) is 5.14. The van der Waals surface area contributed by atoms with Crippen LogP contribution in [0.4, 0.5) is 13.2 Å². The number of sulfonamides is 1. The highest BCUT2D eigenvalue weighted by Gasteiger charge is 2.50. The Kier molecular flexibility index (Phi) is 7.31. The topological polar surface area (TPSA) is 98.3 Å². The second-order valence-corrected chi connectivity index (χ2v) is 13.3. The Morgan fingerprint density at radius 2 is 1.48 bits per heavy atom. The van der Waals surface area contributed by atoms with E-state index >= 15 is 0 Å². The largest absolute Gasteiger partial charge is 0.511 e. The molecule has 2 aliphatic rings. The summed E-state index contributed by atoms with van der Waals surface area (Å²) in [5, 5.41) is 6.39. The van der Waals surface area contributed by atoms with Gasteiger partial charge in [-0.1, -0.05) is 41.9 Å². The van der Waals surface area contributed by atoms with Crippen molar-refractivity contribution in [3.05, 3.63) is 99.7 Å². The molecule has 2 N–H and O–H groups in total. The normalized spacial score (nSPS) is 17.9. The van der Waals surface area contributed by atoms with E-state index < -0.39 is 21.4 Å². The van der Waals surface area contributed by atoms with Crippen LogP contribution >= 0.6 is 11.6 Å². The van der Waals surface area contributed by atoms with Crippen LogP contribution in [-0.4, -0.2) is 47.0 Å². The predicted molar refractivity (Wildman–Crippen MR) is 154 cm³/mol. The molecule has 1 aliphatic heterocycles. The van der Waals surface area contributed by atoms with Gasteiger partial charge in [0.2, 0.25) is 5.91 Å². The van der Waals surface area contributed by atoms with E-state index in [2.05, 4.69) is 6.07 Å². The molecule has 42 heavy (non-hydrogen) atoms. The summed E-state index contributed by atoms with van der Waals surface area (Å²) in [5.74, 6) is -0.879. The molecular weight excluding hydrogens is 589 g/mol. The van der Waals surface area contributed by atoms with Gasteiger partial charge in [0, 0.05) is 46.6 Å². The van der Waals surface area contributed by atoms with Gasteiger partial charge < -0.3 is 5.73 Å². The van der Waals surface area contributed by atoms with E-state index in [0.717, 1.165) is 46.1 Å². The summed E-state index contributed by atoms with van der Waals surface area (Å²) in [6, 6.07) is 20.9. The third-order valence-electron chi connectivity index (χ3n) is 8.19. The first-order valence-electron chi connectivity index (χ1n) is 13.7. The summed E-state index contributed by atoms with van der Waals surface area (Å²) in [6.07, 6.45) is 2.47. The number of primary amides is 1. The SMILES string of the molecule is NC(=O)c1ccc(C(c2ccc(Cl)cc2)c2ccc3nn(C4CC4)c(C4CCN(S(=O)(=O)C(F)(F)F)CC4)c3c2)cc1. The van der Waals surface area contributed by atoms with Gasteiger partial charge in [0.1, 0.15) is 0 Å². The van der Waals surface area contributed by atoms with E-state index in [1.165, 1.54) is 0 Å². The second-order valence-electron chi connectivity index (χ2n) is 10.9. The van der Waals surface area contributed by atoms with Gasteiger partial charge in [-0.15, -0.1) is 0 Å². The summed E-state index contributed by atoms with van der Waals surface area (Å²) >= 11 is 6.18. The van der Waals surface area contributed by atoms with Gasteiger partial charge in [-0.25, -0.2) is 8.42 Å². The molecule has 1 atom stereocenters. The van der Waals surface area contributed by atoms with Crippen molar-refractivity contribution in [1.29, 1.82) is 0 Å². The van der Waals surface area contributed by atoms with Crippen molar-refractivity contribution in [2.45, 2.75) is 49.1 Å². The van der Waals surface area contributed by atoms with E-state index in [9.17, 15) is 26.4 Å². The average molecular weight is 617 g/mol. The number of halogens is 4. The molecular formula is C30H28ClF3N4O3S. The molecule has 2 heterocycles. The van der Waals surface area contributed by atoms with Gasteiger partial charge in [-0.2, -0.15) is 22.6 Å². The summed E-state index contributed by atoms with van der Waals surface area (Å²) < 4.78 is 66.1. The molecule has 1 saturated heterocycles. The molecule has 220 valence electrons. The van der Waals surface area contributed by atoms with Crippen LogP contribution in [0, 0.1) is 0 Å². The van der Waals surface area contributed by atoms with Crippen molar-refractivity contribution < 1.29 is 26.4 Å². The maximum Gasteiger partial charge on any atom is 0.511 e. The van der Waals surface area contributed by atoms with Crippen molar-refractivity contribution in [2.75, 3.05) is 13.1 Å². The van der Waals surface area contributed by atoms with Gasteiger partial charge in [0.15, 0.2) is 0 Å². The third kappa shape index (κ3) is 5.29. The molecule has 12 heteroatoms. The Morgan fingerprint density at radius 1 is 0.905 bits per heavy atom. The van der Waals surface area contributed by atoms with Gasteiger partial charge in [-0.3, -0.25) is 9.48 Å². The predicted octanol–water partition coefficient (Wildman–Crippen LogP) is 6.33. The number of alkyl halides is 3. The number of benzene rings is 3. The van der Waals surface area contributed by atoms with Crippen LogP contribution < -0.4 is 5.73 Å². The average Bonchev–Trinajstić information content (AvgIpc) is 3.74. The van der Waals surface area contributed by atoms with Gasteiger partial charge in [0.05, 0.1) is 11.6 Å². The number of hydrogen-bond donors (Lipinski definition) is 1. The number of nitrogens with zero attached hydrogens (tertiary/aromatic N) is 3. The van der Waals surface area contributed by atoms with E-state index in [1.807, 2.05) is 53.2 Å². The first-order valence-corrected chi connectivity index (χ1v) is 15.5. The van der Waals surface area contributed by atoms with Crippen LogP contribution in [0.2, 0.25) is 5.02 Å². The van der Waals surface area contributed by atoms with E-state index in [-0.39, 0.29) is 43.8 Å². The molecule has 0 spiro atoms. The van der Waals surface area contributed by atoms with Gasteiger partial charge in [0.25, 0.3) is 0 Å². The molecule has 7 nitrogen and oxygen atoms in total. The second kappa shape index (κ2) is 10.7. The van der Waals surface area contributed by atoms with Crippen molar-refractivity contribution in [2.24, 2.45) is 5.73 Å². The Bertz CT molecular complexity index is 1740. The standard InChI is InChI=1S/C30H28ClF3N4O3S/c31-23-8-5-19(6-9-23)27(18-1-3-21(4-2-18)29(35)39)22-7-12-26-25(17-22)28(38(36-26)24-10-11-24)20-13-15-37(16-14-20)42(40,41)30(32,33)34/h1-9,12,17,20,24,27H,10-11,13-16H2,(H2,35,39). The van der Waals surface area contributed by atoms with Crippen LogP contribution in [0.1, 0.15) is 76.3 Å². The molecule has 1 aromatic heterocycles. The minimum absolute atomic E-state index is 0.144. The molecule has 1 aliphatic carbocycles. The molecule has 1 saturated carbocycles.